The van der Waals surface area contributed by atoms with Gasteiger partial charge in [-0.25, -0.2) is 4.79 Å². The van der Waals surface area contributed by atoms with Crippen molar-refractivity contribution in [1.82, 2.24) is 0 Å². The first-order chi connectivity index (χ1) is 23.8. The molecule has 1 aromatic carbocycles. The van der Waals surface area contributed by atoms with E-state index >= 15 is 0 Å². The third kappa shape index (κ3) is 8.31. The van der Waals surface area contributed by atoms with Crippen molar-refractivity contribution < 1.29 is 76.1 Å². The topological polar surface area (TPSA) is 198 Å². The first-order valence-corrected chi connectivity index (χ1v) is 15.8. The summed E-state index contributed by atoms with van der Waals surface area (Å²) >= 11 is 0. The first-order valence-electron chi connectivity index (χ1n) is 15.8. The van der Waals surface area contributed by atoms with Crippen LogP contribution in [0.5, 0.6) is 0 Å². The molecule has 1 aromatic rings. The Kier molecular flexibility index (Phi) is 11.2. The van der Waals surface area contributed by atoms with E-state index < -0.39 is 109 Å². The van der Waals surface area contributed by atoms with E-state index in [4.69, 9.17) is 47.4 Å². The minimum absolute atomic E-state index is 0.274. The number of hydrogen-bond donors (Lipinski definition) is 0. The number of hydrogen-bond acceptors (Lipinski definition) is 16. The van der Waals surface area contributed by atoms with E-state index in [0.717, 1.165) is 33.3 Å². The molecule has 1 saturated carbocycles. The average Bonchev–Trinajstić information content (AvgIpc) is 3.71. The Hall–Kier alpha value is -4.80. The summed E-state index contributed by atoms with van der Waals surface area (Å²) in [5, 5.41) is 0. The van der Waals surface area contributed by atoms with E-state index in [0.29, 0.717) is 0 Å². The fraction of sp³-hybridized carbons (Fsp3) is 0.529. The molecule has 1 aliphatic carbocycles. The number of epoxide rings is 1. The Balaban J connectivity index is 1.43. The van der Waals surface area contributed by atoms with Crippen molar-refractivity contribution in [3.63, 3.8) is 0 Å². The zero-order valence-corrected chi connectivity index (χ0v) is 27.9. The molecule has 3 aliphatic heterocycles. The van der Waals surface area contributed by atoms with Crippen LogP contribution in [0.3, 0.4) is 0 Å². The van der Waals surface area contributed by atoms with Gasteiger partial charge in [-0.2, -0.15) is 0 Å². The van der Waals surface area contributed by atoms with E-state index in [-0.39, 0.29) is 6.61 Å². The Bertz CT molecular complexity index is 1520. The van der Waals surface area contributed by atoms with Gasteiger partial charge in [-0.05, 0) is 17.7 Å². The summed E-state index contributed by atoms with van der Waals surface area (Å²) in [5.41, 5.74) is -0.461. The fourth-order valence-corrected chi connectivity index (χ4v) is 6.54. The lowest BCUT2D eigenvalue weighted by Gasteiger charge is -2.46. The van der Waals surface area contributed by atoms with Crippen molar-refractivity contribution in [1.29, 1.82) is 0 Å². The maximum atomic E-state index is 12.8. The monoisotopic (exact) mass is 702 g/mol. The Morgan fingerprint density at radius 1 is 0.740 bits per heavy atom. The summed E-state index contributed by atoms with van der Waals surface area (Å²) in [7, 11) is 0. The van der Waals surface area contributed by atoms with E-state index in [1.54, 1.807) is 12.2 Å². The molecule has 16 nitrogen and oxygen atoms in total. The summed E-state index contributed by atoms with van der Waals surface area (Å²) in [5.74, 6) is -5.68. The van der Waals surface area contributed by atoms with Crippen LogP contribution >= 0.6 is 0 Å². The number of benzene rings is 1. The molecule has 0 bridgehead atoms. The van der Waals surface area contributed by atoms with Crippen LogP contribution in [-0.2, 0) is 76.1 Å². The summed E-state index contributed by atoms with van der Waals surface area (Å²) < 4.78 is 57.2. The van der Waals surface area contributed by atoms with E-state index in [9.17, 15) is 28.8 Å². The zero-order valence-electron chi connectivity index (χ0n) is 27.9. The molecule has 3 fully saturated rings. The number of carbonyl (C=O) groups is 6. The molecule has 0 spiro atoms. The summed E-state index contributed by atoms with van der Waals surface area (Å²) in [6, 6.07) is 9.12. The molecule has 3 heterocycles. The maximum absolute atomic E-state index is 12.8. The fourth-order valence-electron chi connectivity index (χ4n) is 6.54. The van der Waals surface area contributed by atoms with Crippen molar-refractivity contribution in [2.75, 3.05) is 13.2 Å². The molecule has 0 amide bonds. The molecule has 0 aromatic heterocycles. The molecule has 0 unspecified atom stereocenters. The Morgan fingerprint density at radius 2 is 1.36 bits per heavy atom. The van der Waals surface area contributed by atoms with Gasteiger partial charge in [0, 0.05) is 46.6 Å². The highest BCUT2D eigenvalue weighted by Crippen LogP contribution is 2.61. The SMILES string of the molecule is CC(=O)OC[C@H]1O[C@@H](O[C@@H]2OC=C[C@H]3[C@H](OC(C)=O)[C@@H]4O[C@]4(COC(=O)/C=C/c4ccccc4)[C@@H]23)[C@H](OC(C)=O)[C@@H](OC(C)=O)[C@@H]1OC(C)=O. The summed E-state index contributed by atoms with van der Waals surface area (Å²) in [6.45, 7) is 4.97. The number of esters is 6. The smallest absolute Gasteiger partial charge is 0.330 e. The molecule has 270 valence electrons. The highest BCUT2D eigenvalue weighted by atomic mass is 16.8. The molecule has 5 rings (SSSR count). The molecular formula is C34H38O16. The van der Waals surface area contributed by atoms with Gasteiger partial charge in [0.15, 0.2) is 18.3 Å². The number of rotatable bonds is 12. The predicted octanol–water partition coefficient (Wildman–Crippen LogP) is 1.53. The van der Waals surface area contributed by atoms with Crippen LogP contribution < -0.4 is 0 Å². The molecule has 16 heteroatoms. The van der Waals surface area contributed by atoms with Crippen LogP contribution in [0.25, 0.3) is 6.08 Å². The lowest BCUT2D eigenvalue weighted by Crippen LogP contribution is -2.64. The van der Waals surface area contributed by atoms with Crippen molar-refractivity contribution >= 4 is 41.9 Å². The molecule has 4 aliphatic rings. The highest BCUT2D eigenvalue weighted by molar-refractivity contribution is 5.87. The van der Waals surface area contributed by atoms with Crippen molar-refractivity contribution in [3.8, 4) is 0 Å². The standard InChI is InChI=1S/C34H38O16/c1-17(35)42-15-24-28(45-19(3)37)29(46-20(4)38)30(47-21(5)39)33(48-24)49-32-26-23(13-14-41-32)27(44-18(2)36)31-34(26,50-31)16-43-25(40)12-11-22-9-7-6-8-10-22/h6-14,23-24,26-33H,15-16H2,1-5H3/b12-11+/t23-,24-,26-,27+,28-,29+,30-,31+,32+,33+,34-/m1/s1. The quantitative estimate of drug-likeness (QED) is 0.131. The highest BCUT2D eigenvalue weighted by Gasteiger charge is 2.78. The van der Waals surface area contributed by atoms with Gasteiger partial charge >= 0.3 is 35.8 Å². The molecular weight excluding hydrogens is 664 g/mol. The second kappa shape index (κ2) is 15.4. The Labute approximate surface area is 286 Å². The van der Waals surface area contributed by atoms with Gasteiger partial charge in [-0.3, -0.25) is 24.0 Å². The van der Waals surface area contributed by atoms with Gasteiger partial charge in [0.25, 0.3) is 0 Å². The minimum atomic E-state index is -1.58. The summed E-state index contributed by atoms with van der Waals surface area (Å²) in [6.07, 6.45) is -4.20. The van der Waals surface area contributed by atoms with Crippen LogP contribution in [0, 0.1) is 11.8 Å². The number of fused-ring (bicyclic) bond motifs is 3. The second-order valence-corrected chi connectivity index (χ2v) is 12.1. The number of ether oxygens (including phenoxy) is 10. The first kappa shape index (κ1) is 36.5. The van der Waals surface area contributed by atoms with Gasteiger partial charge in [0.1, 0.15) is 37.1 Å². The number of carbonyl (C=O) groups excluding carboxylic acids is 6. The zero-order chi connectivity index (χ0) is 36.2. The van der Waals surface area contributed by atoms with Crippen molar-refractivity contribution in [3.05, 3.63) is 54.3 Å². The molecule has 0 N–H and O–H groups in total. The van der Waals surface area contributed by atoms with Gasteiger partial charge in [0.2, 0.25) is 12.6 Å². The Morgan fingerprint density at radius 3 is 2.00 bits per heavy atom. The average molecular weight is 703 g/mol. The normalized spacial score (nSPS) is 33.5. The van der Waals surface area contributed by atoms with Crippen LogP contribution in [0.2, 0.25) is 0 Å². The van der Waals surface area contributed by atoms with Crippen LogP contribution in [-0.4, -0.2) is 104 Å². The molecule has 11 atom stereocenters. The van der Waals surface area contributed by atoms with E-state index in [1.807, 2.05) is 30.3 Å². The van der Waals surface area contributed by atoms with Crippen molar-refractivity contribution in [2.24, 2.45) is 11.8 Å². The summed E-state index contributed by atoms with van der Waals surface area (Å²) in [4.78, 5) is 73.3. The molecule has 50 heavy (non-hydrogen) atoms. The largest absolute Gasteiger partial charge is 0.472 e. The van der Waals surface area contributed by atoms with Gasteiger partial charge < -0.3 is 47.4 Å². The van der Waals surface area contributed by atoms with E-state index in [2.05, 4.69) is 0 Å². The van der Waals surface area contributed by atoms with E-state index in [1.165, 1.54) is 19.3 Å². The third-order valence-corrected chi connectivity index (χ3v) is 8.40. The second-order valence-electron chi connectivity index (χ2n) is 12.1. The molecule has 2 saturated heterocycles. The van der Waals surface area contributed by atoms with Gasteiger partial charge in [0.05, 0.1) is 12.2 Å². The van der Waals surface area contributed by atoms with Gasteiger partial charge in [-0.15, -0.1) is 0 Å². The van der Waals surface area contributed by atoms with Crippen LogP contribution in [0.4, 0.5) is 0 Å². The lowest BCUT2D eigenvalue weighted by atomic mass is 9.85. The van der Waals surface area contributed by atoms with Gasteiger partial charge in [-0.1, -0.05) is 30.3 Å². The maximum Gasteiger partial charge on any atom is 0.330 e. The molecule has 0 radical (unpaired) electrons. The third-order valence-electron chi connectivity index (χ3n) is 8.40. The minimum Gasteiger partial charge on any atom is -0.472 e. The van der Waals surface area contributed by atoms with Crippen molar-refractivity contribution in [2.45, 2.75) is 89.4 Å². The van der Waals surface area contributed by atoms with Crippen LogP contribution in [0.15, 0.2) is 48.7 Å². The predicted molar refractivity (Wildman–Crippen MR) is 164 cm³/mol. The lowest BCUT2D eigenvalue weighted by molar-refractivity contribution is -0.346. The van der Waals surface area contributed by atoms with Crippen LogP contribution in [0.1, 0.15) is 40.2 Å².